The van der Waals surface area contributed by atoms with Gasteiger partial charge in [-0.1, -0.05) is 30.3 Å². The minimum absolute atomic E-state index is 0. The number of rotatable bonds is 4. The molecule has 0 bridgehead atoms. The Morgan fingerprint density at radius 1 is 1.25 bits per heavy atom. The van der Waals surface area contributed by atoms with Crippen LogP contribution in [0.15, 0.2) is 30.3 Å². The lowest BCUT2D eigenvalue weighted by Gasteiger charge is -2.00. The average Bonchev–Trinajstić information content (AvgIpc) is 2.25. The van der Waals surface area contributed by atoms with Gasteiger partial charge >= 0.3 is 11.1 Å². The Hall–Kier alpha value is -1.01. The van der Waals surface area contributed by atoms with E-state index in [1.54, 1.807) is 0 Å². The lowest BCUT2D eigenvalue weighted by atomic mass is 10.2. The van der Waals surface area contributed by atoms with Gasteiger partial charge in [0.15, 0.2) is 0 Å². The van der Waals surface area contributed by atoms with Gasteiger partial charge in [-0.15, -0.1) is 0 Å². The molecule has 0 spiro atoms. The maximum absolute atomic E-state index is 11.2. The monoisotopic (exact) mass is 260 g/mol. The maximum atomic E-state index is 11.2. The van der Waals surface area contributed by atoms with Gasteiger partial charge in [0.1, 0.15) is 6.61 Å². The molecule has 0 aromatic heterocycles. The number of ether oxygens (including phenoxy) is 1. The maximum Gasteiger partial charge on any atom is 0.366 e. The molecule has 0 saturated carbocycles. The number of nitrogens with two attached hydrogens (primary N) is 2. The molecule has 0 atom stereocenters. The smallest absolute Gasteiger partial charge is 0.366 e. The van der Waals surface area contributed by atoms with Crippen molar-refractivity contribution in [2.24, 2.45) is 11.5 Å². The molecule has 0 heterocycles. The van der Waals surface area contributed by atoms with Gasteiger partial charge in [-0.05, 0) is 5.56 Å². The molecule has 4 nitrogen and oxygen atoms in total. The van der Waals surface area contributed by atoms with Gasteiger partial charge in [-0.2, -0.15) is 0 Å². The third-order valence-corrected chi connectivity index (χ3v) is 2.31. The van der Waals surface area contributed by atoms with E-state index in [2.05, 4.69) is 0 Å². The fourth-order valence-corrected chi connectivity index (χ4v) is 1.29. The Labute approximate surface area is 104 Å². The van der Waals surface area contributed by atoms with E-state index in [-0.39, 0.29) is 35.8 Å². The van der Waals surface area contributed by atoms with Crippen molar-refractivity contribution < 1.29 is 21.9 Å². The molecule has 0 aliphatic carbocycles. The first-order valence-electron chi connectivity index (χ1n) is 4.38. The van der Waals surface area contributed by atoms with Crippen LogP contribution >= 0.6 is 0 Å². The zero-order valence-electron chi connectivity index (χ0n) is 8.56. The number of carbonyl (C=O) groups excluding carboxylic acids is 1. The van der Waals surface area contributed by atoms with E-state index < -0.39 is 0 Å². The first-order chi connectivity index (χ1) is 7.18. The number of esters is 1. The normalized spacial score (nSPS) is 8.88. The highest BCUT2D eigenvalue weighted by Crippen LogP contribution is 2.00. The average molecular weight is 261 g/mol. The molecule has 1 aromatic carbocycles. The summed E-state index contributed by atoms with van der Waals surface area (Å²) in [5.41, 5.74) is 11.4. The number of benzene rings is 1. The summed E-state index contributed by atoms with van der Waals surface area (Å²) in [7, 11) is 0. The number of hydrogen-bond donors (Lipinski definition) is 2. The quantitative estimate of drug-likeness (QED) is 0.340. The van der Waals surface area contributed by atoms with Gasteiger partial charge in [-0.25, -0.2) is 16.3 Å². The Balaban J connectivity index is 0.00000225. The van der Waals surface area contributed by atoms with Crippen molar-refractivity contribution in [2.75, 3.05) is 5.75 Å². The molecule has 1 aromatic rings. The summed E-state index contributed by atoms with van der Waals surface area (Å²) < 4.78 is 4.99. The summed E-state index contributed by atoms with van der Waals surface area (Å²) in [6.45, 7) is 0.282. The molecule has 4 N–H and O–H groups in total. The molecule has 0 aliphatic rings. The van der Waals surface area contributed by atoms with Crippen LogP contribution in [0, 0.1) is 0 Å². The van der Waals surface area contributed by atoms with E-state index in [4.69, 9.17) is 16.2 Å². The number of halogens is 1. The van der Waals surface area contributed by atoms with E-state index in [0.29, 0.717) is 0 Å². The third kappa shape index (κ3) is 6.47. The van der Waals surface area contributed by atoms with Crippen molar-refractivity contribution in [3.05, 3.63) is 35.9 Å². The Morgan fingerprint density at radius 2 is 1.88 bits per heavy atom. The van der Waals surface area contributed by atoms with Crippen LogP contribution in [0.3, 0.4) is 0 Å². The summed E-state index contributed by atoms with van der Waals surface area (Å²) in [6, 6.07) is 9.48. The van der Waals surface area contributed by atoms with Crippen molar-refractivity contribution in [3.8, 4) is 0 Å². The minimum Gasteiger partial charge on any atom is -1.00 e. The van der Waals surface area contributed by atoms with E-state index in [1.807, 2.05) is 30.3 Å². The number of hydrogen-bond acceptors (Lipinski definition) is 2. The van der Waals surface area contributed by atoms with Gasteiger partial charge in [0.25, 0.3) is 5.75 Å². The summed E-state index contributed by atoms with van der Waals surface area (Å²) >= 11 is 1.07. The molecule has 6 heteroatoms. The van der Waals surface area contributed by atoms with Crippen molar-refractivity contribution in [3.63, 3.8) is 0 Å². The van der Waals surface area contributed by atoms with Crippen molar-refractivity contribution >= 4 is 22.4 Å². The second-order valence-electron chi connectivity index (χ2n) is 2.84. The summed E-state index contributed by atoms with van der Waals surface area (Å²) in [5, 5.41) is 0.173. The minimum atomic E-state index is -0.322. The molecular formula is C10H13ClN2O2S. The SMILES string of the molecule is NC(N)=[S+]CC(=O)OCc1ccccc1.[Cl-]. The molecule has 0 saturated heterocycles. The second kappa shape index (κ2) is 8.18. The van der Waals surface area contributed by atoms with Crippen LogP contribution in [0.1, 0.15) is 5.56 Å². The molecule has 88 valence electrons. The summed E-state index contributed by atoms with van der Waals surface area (Å²) in [6.07, 6.45) is 0. The Morgan fingerprint density at radius 3 is 2.44 bits per heavy atom. The van der Waals surface area contributed by atoms with Crippen LogP contribution in [0.5, 0.6) is 0 Å². The van der Waals surface area contributed by atoms with E-state index in [1.165, 1.54) is 0 Å². The topological polar surface area (TPSA) is 78.3 Å². The lowest BCUT2D eigenvalue weighted by molar-refractivity contribution is -0.141. The molecule has 0 fully saturated rings. The van der Waals surface area contributed by atoms with E-state index >= 15 is 0 Å². The largest absolute Gasteiger partial charge is 1.00 e. The standard InChI is InChI=1S/C10H13N2O2S.ClH/c11-10(12)15-7-9(13)14-6-8-4-2-1-3-5-8;/h1-5H,6-7,11-12H2;1H/q+1;/p-1. The third-order valence-electron chi connectivity index (χ3n) is 1.60. The molecule has 0 unspecified atom stereocenters. The first kappa shape index (κ1) is 15.0. The van der Waals surface area contributed by atoms with Crippen LogP contribution in [-0.2, 0) is 27.5 Å². The zero-order chi connectivity index (χ0) is 11.1. The van der Waals surface area contributed by atoms with E-state index in [0.717, 1.165) is 16.9 Å². The molecule has 0 amide bonds. The van der Waals surface area contributed by atoms with Gasteiger partial charge in [0.05, 0.1) is 0 Å². The zero-order valence-corrected chi connectivity index (χ0v) is 10.1. The van der Waals surface area contributed by atoms with Crippen LogP contribution in [0.4, 0.5) is 0 Å². The van der Waals surface area contributed by atoms with Crippen molar-refractivity contribution in [2.45, 2.75) is 6.61 Å². The predicted octanol–water partition coefficient (Wildman–Crippen LogP) is -3.18. The Kier molecular flexibility index (Phi) is 7.66. The van der Waals surface area contributed by atoms with Crippen LogP contribution in [-0.4, -0.2) is 16.8 Å². The van der Waals surface area contributed by atoms with Gasteiger partial charge < -0.3 is 17.1 Å². The fourth-order valence-electron chi connectivity index (χ4n) is 0.922. The fraction of sp³-hybridized carbons (Fsp3) is 0.200. The van der Waals surface area contributed by atoms with Gasteiger partial charge in [0, 0.05) is 0 Å². The van der Waals surface area contributed by atoms with E-state index in [9.17, 15) is 4.79 Å². The first-order valence-corrected chi connectivity index (χ1v) is 5.37. The van der Waals surface area contributed by atoms with Gasteiger partial charge in [-0.3, -0.25) is 0 Å². The molecular weight excluding hydrogens is 248 g/mol. The highest BCUT2D eigenvalue weighted by atomic mass is 35.5. The lowest BCUT2D eigenvalue weighted by Crippen LogP contribution is -3.00. The summed E-state index contributed by atoms with van der Waals surface area (Å²) in [4.78, 5) is 11.2. The highest BCUT2D eigenvalue weighted by molar-refractivity contribution is 7.79. The van der Waals surface area contributed by atoms with Crippen LogP contribution in [0.25, 0.3) is 0 Å². The molecule has 0 radical (unpaired) electrons. The predicted molar refractivity (Wildman–Crippen MR) is 61.9 cm³/mol. The van der Waals surface area contributed by atoms with Crippen molar-refractivity contribution in [1.82, 2.24) is 0 Å². The van der Waals surface area contributed by atoms with Gasteiger partial charge in [0.2, 0.25) is 11.4 Å². The van der Waals surface area contributed by atoms with Crippen LogP contribution in [0.2, 0.25) is 0 Å². The molecule has 16 heavy (non-hydrogen) atoms. The van der Waals surface area contributed by atoms with Crippen molar-refractivity contribution in [1.29, 1.82) is 0 Å². The van der Waals surface area contributed by atoms with Crippen LogP contribution < -0.4 is 23.9 Å². The molecule has 1 rings (SSSR count). The second-order valence-corrected chi connectivity index (χ2v) is 3.89. The highest BCUT2D eigenvalue weighted by Gasteiger charge is 2.10. The molecule has 0 aliphatic heterocycles. The number of carbonyl (C=O) groups is 1. The summed E-state index contributed by atoms with van der Waals surface area (Å²) in [5.74, 6) is -0.174. The Bertz CT molecular complexity index is 353.